The Morgan fingerprint density at radius 3 is 2.48 bits per heavy atom. The van der Waals surface area contributed by atoms with Gasteiger partial charge in [-0.3, -0.25) is 4.79 Å². The molecule has 0 aromatic heterocycles. The molecule has 2 aromatic carbocycles. The third kappa shape index (κ3) is 4.38. The maximum Gasteiger partial charge on any atom is 0.342 e. The van der Waals surface area contributed by atoms with Crippen LogP contribution in [0.5, 0.6) is 5.75 Å². The number of benzene rings is 2. The molecule has 0 bridgehead atoms. The van der Waals surface area contributed by atoms with Crippen molar-refractivity contribution in [2.75, 3.05) is 11.9 Å². The van der Waals surface area contributed by atoms with Gasteiger partial charge in [-0.25, -0.2) is 13.6 Å². The van der Waals surface area contributed by atoms with Crippen molar-refractivity contribution in [3.63, 3.8) is 0 Å². The number of rotatable bonds is 4. The first-order valence-electron chi connectivity index (χ1n) is 6.28. The summed E-state index contributed by atoms with van der Waals surface area (Å²) in [5, 5.41) is 11.6. The number of carbonyl (C=O) groups excluding carboxylic acids is 2. The van der Waals surface area contributed by atoms with Crippen LogP contribution < -0.4 is 5.32 Å². The lowest BCUT2D eigenvalue weighted by atomic mass is 10.2. The lowest BCUT2D eigenvalue weighted by Gasteiger charge is -2.09. The minimum atomic E-state index is -0.945. The molecular weight excluding hydrogens is 423 g/mol. The van der Waals surface area contributed by atoms with Gasteiger partial charge in [0, 0.05) is 3.57 Å². The van der Waals surface area contributed by atoms with E-state index in [1.54, 1.807) is 6.07 Å². The van der Waals surface area contributed by atoms with Gasteiger partial charge >= 0.3 is 5.97 Å². The third-order valence-electron chi connectivity index (χ3n) is 2.74. The monoisotopic (exact) mass is 433 g/mol. The number of halogens is 3. The molecule has 0 unspecified atom stereocenters. The van der Waals surface area contributed by atoms with Gasteiger partial charge in [-0.2, -0.15) is 0 Å². The molecule has 5 nitrogen and oxygen atoms in total. The van der Waals surface area contributed by atoms with E-state index < -0.39 is 35.8 Å². The topological polar surface area (TPSA) is 75.6 Å². The molecule has 2 rings (SSSR count). The number of hydrogen-bond donors (Lipinski definition) is 2. The van der Waals surface area contributed by atoms with Crippen LogP contribution in [0, 0.1) is 15.2 Å². The average molecular weight is 433 g/mol. The van der Waals surface area contributed by atoms with E-state index in [1.807, 2.05) is 27.9 Å². The van der Waals surface area contributed by atoms with Gasteiger partial charge in [0.15, 0.2) is 6.61 Å². The fourth-order valence-electron chi connectivity index (χ4n) is 1.67. The van der Waals surface area contributed by atoms with Gasteiger partial charge in [0.25, 0.3) is 5.91 Å². The zero-order chi connectivity index (χ0) is 17.0. The Morgan fingerprint density at radius 2 is 1.83 bits per heavy atom. The summed E-state index contributed by atoms with van der Waals surface area (Å²) in [5.41, 5.74) is -0.729. The van der Waals surface area contributed by atoms with E-state index in [-0.39, 0.29) is 11.3 Å². The van der Waals surface area contributed by atoms with Crippen LogP contribution in [0.4, 0.5) is 14.5 Å². The molecule has 1 amide bonds. The fraction of sp³-hybridized carbons (Fsp3) is 0.0667. The van der Waals surface area contributed by atoms with E-state index >= 15 is 0 Å². The molecule has 0 aliphatic rings. The highest BCUT2D eigenvalue weighted by atomic mass is 127. The second kappa shape index (κ2) is 7.36. The van der Waals surface area contributed by atoms with Crippen LogP contribution in [0.3, 0.4) is 0 Å². The number of esters is 1. The van der Waals surface area contributed by atoms with E-state index in [0.717, 1.165) is 18.2 Å². The Morgan fingerprint density at radius 1 is 1.17 bits per heavy atom. The van der Waals surface area contributed by atoms with Gasteiger partial charge in [0.05, 0.1) is 0 Å². The highest BCUT2D eigenvalue weighted by molar-refractivity contribution is 14.1. The molecule has 0 spiro atoms. The van der Waals surface area contributed by atoms with Crippen LogP contribution in [0.1, 0.15) is 10.4 Å². The largest absolute Gasteiger partial charge is 0.507 e. The number of nitrogens with one attached hydrogen (secondary N) is 1. The van der Waals surface area contributed by atoms with Crippen molar-refractivity contribution in [2.45, 2.75) is 0 Å². The summed E-state index contributed by atoms with van der Waals surface area (Å²) in [6, 6.07) is 7.39. The van der Waals surface area contributed by atoms with Crippen molar-refractivity contribution >= 4 is 40.2 Å². The summed E-state index contributed by atoms with van der Waals surface area (Å²) in [4.78, 5) is 23.4. The minimum Gasteiger partial charge on any atom is -0.507 e. The zero-order valence-electron chi connectivity index (χ0n) is 11.5. The Balaban J connectivity index is 1.99. The van der Waals surface area contributed by atoms with Crippen LogP contribution in [0.15, 0.2) is 36.4 Å². The number of hydrogen-bond acceptors (Lipinski definition) is 4. The van der Waals surface area contributed by atoms with Crippen molar-refractivity contribution in [1.82, 2.24) is 0 Å². The van der Waals surface area contributed by atoms with Crippen molar-refractivity contribution in [3.8, 4) is 5.75 Å². The van der Waals surface area contributed by atoms with E-state index in [0.29, 0.717) is 3.57 Å². The molecule has 120 valence electrons. The van der Waals surface area contributed by atoms with Gasteiger partial charge in [-0.15, -0.1) is 0 Å². The zero-order valence-corrected chi connectivity index (χ0v) is 13.6. The van der Waals surface area contributed by atoms with Crippen LogP contribution in [-0.2, 0) is 9.53 Å². The maximum absolute atomic E-state index is 13.4. The SMILES string of the molecule is O=C(COC(=O)c1cc(I)ccc1O)Nc1c(F)cccc1F. The van der Waals surface area contributed by atoms with E-state index in [2.05, 4.69) is 0 Å². The standard InChI is InChI=1S/C15H10F2INO4/c16-10-2-1-3-11(17)14(10)19-13(21)7-23-15(22)9-6-8(18)4-5-12(9)20/h1-6,20H,7H2,(H,19,21). The molecule has 2 N–H and O–H groups in total. The van der Waals surface area contributed by atoms with Crippen molar-refractivity contribution in [3.05, 3.63) is 57.2 Å². The van der Waals surface area contributed by atoms with Gasteiger partial charge in [-0.05, 0) is 52.9 Å². The average Bonchev–Trinajstić information content (AvgIpc) is 2.51. The highest BCUT2D eigenvalue weighted by Crippen LogP contribution is 2.21. The second-order valence-corrected chi connectivity index (χ2v) is 5.63. The summed E-state index contributed by atoms with van der Waals surface area (Å²) in [5.74, 6) is -4.02. The number of para-hydroxylation sites is 1. The van der Waals surface area contributed by atoms with Crippen LogP contribution >= 0.6 is 22.6 Å². The predicted octanol–water partition coefficient (Wildman–Crippen LogP) is 3.07. The molecule has 23 heavy (non-hydrogen) atoms. The van der Waals surface area contributed by atoms with Crippen LogP contribution in [0.2, 0.25) is 0 Å². The van der Waals surface area contributed by atoms with Gasteiger partial charge in [0.1, 0.15) is 28.6 Å². The lowest BCUT2D eigenvalue weighted by Crippen LogP contribution is -2.22. The molecule has 0 saturated carbocycles. The number of carbonyl (C=O) groups is 2. The summed E-state index contributed by atoms with van der Waals surface area (Å²) < 4.78 is 32.2. The number of ether oxygens (including phenoxy) is 1. The molecule has 0 fully saturated rings. The first-order valence-corrected chi connectivity index (χ1v) is 7.36. The number of aromatic hydroxyl groups is 1. The molecule has 0 aliphatic heterocycles. The predicted molar refractivity (Wildman–Crippen MR) is 86.1 cm³/mol. The molecular formula is C15H10F2INO4. The Labute approximate surface area is 143 Å². The molecule has 8 heteroatoms. The summed E-state index contributed by atoms with van der Waals surface area (Å²) in [6.07, 6.45) is 0. The first-order chi connectivity index (χ1) is 10.9. The van der Waals surface area contributed by atoms with Gasteiger partial charge in [-0.1, -0.05) is 6.07 Å². The molecule has 0 atom stereocenters. The smallest absolute Gasteiger partial charge is 0.342 e. The normalized spacial score (nSPS) is 10.2. The third-order valence-corrected chi connectivity index (χ3v) is 3.41. The molecule has 0 aliphatic carbocycles. The molecule has 0 saturated heterocycles. The Bertz CT molecular complexity index is 747. The summed E-state index contributed by atoms with van der Waals surface area (Å²) in [6.45, 7) is -0.752. The van der Waals surface area contributed by atoms with Crippen LogP contribution in [-0.4, -0.2) is 23.6 Å². The van der Waals surface area contributed by atoms with Crippen molar-refractivity contribution in [1.29, 1.82) is 0 Å². The first kappa shape index (κ1) is 17.1. The number of phenols is 1. The number of anilines is 1. The second-order valence-electron chi connectivity index (χ2n) is 4.38. The number of amides is 1. The molecule has 0 heterocycles. The van der Waals surface area contributed by atoms with Gasteiger partial charge < -0.3 is 15.2 Å². The number of phenolic OH excluding ortho intramolecular Hbond substituents is 1. The van der Waals surface area contributed by atoms with Crippen molar-refractivity contribution in [2.24, 2.45) is 0 Å². The summed E-state index contributed by atoms with van der Waals surface area (Å²) in [7, 11) is 0. The van der Waals surface area contributed by atoms with Crippen LogP contribution in [0.25, 0.3) is 0 Å². The van der Waals surface area contributed by atoms with E-state index in [1.165, 1.54) is 12.1 Å². The Kier molecular flexibility index (Phi) is 5.48. The van der Waals surface area contributed by atoms with E-state index in [4.69, 9.17) is 4.74 Å². The fourth-order valence-corrected chi connectivity index (χ4v) is 2.16. The van der Waals surface area contributed by atoms with Gasteiger partial charge in [0.2, 0.25) is 0 Å². The molecule has 0 radical (unpaired) electrons. The minimum absolute atomic E-state index is 0.109. The summed E-state index contributed by atoms with van der Waals surface area (Å²) >= 11 is 1.94. The highest BCUT2D eigenvalue weighted by Gasteiger charge is 2.16. The molecule has 2 aromatic rings. The Hall–Kier alpha value is -2.23. The van der Waals surface area contributed by atoms with Crippen molar-refractivity contribution < 1.29 is 28.2 Å². The quantitative estimate of drug-likeness (QED) is 0.575. The maximum atomic E-state index is 13.4. The lowest BCUT2D eigenvalue weighted by molar-refractivity contribution is -0.119. The van der Waals surface area contributed by atoms with E-state index in [9.17, 15) is 23.5 Å².